The Bertz CT molecular complexity index is 708. The molecule has 3 atom stereocenters. The molecule has 122 valence electrons. The minimum Gasteiger partial charge on any atom is -0.469 e. The summed E-state index contributed by atoms with van der Waals surface area (Å²) in [7, 11) is 0. The molecular weight excluding hydrogens is 298 g/mol. The highest BCUT2D eigenvalue weighted by atomic mass is 16.5. The zero-order valence-corrected chi connectivity index (χ0v) is 13.2. The van der Waals surface area contributed by atoms with Crippen LogP contribution in [0.1, 0.15) is 34.3 Å². The van der Waals surface area contributed by atoms with E-state index in [9.17, 15) is 4.79 Å². The van der Waals surface area contributed by atoms with Crippen LogP contribution in [0, 0.1) is 19.8 Å². The molecule has 0 aromatic carbocycles. The van der Waals surface area contributed by atoms with Crippen molar-refractivity contribution in [2.24, 2.45) is 5.92 Å². The van der Waals surface area contributed by atoms with Gasteiger partial charge in [0.2, 0.25) is 5.89 Å². The van der Waals surface area contributed by atoms with Gasteiger partial charge in [0, 0.05) is 19.0 Å². The maximum Gasteiger partial charge on any atom is 0.257 e. The second-order valence-corrected chi connectivity index (χ2v) is 6.33. The van der Waals surface area contributed by atoms with Crippen LogP contribution in [-0.2, 0) is 11.2 Å². The van der Waals surface area contributed by atoms with Crippen LogP contribution in [0.4, 0.5) is 0 Å². The summed E-state index contributed by atoms with van der Waals surface area (Å²) in [6.45, 7) is 4.97. The summed E-state index contributed by atoms with van der Waals surface area (Å²) >= 11 is 0. The normalized spacial score (nSPS) is 26.7. The molecule has 0 saturated carbocycles. The van der Waals surface area contributed by atoms with E-state index in [0.29, 0.717) is 41.9 Å². The zero-order chi connectivity index (χ0) is 16.0. The second-order valence-electron chi connectivity index (χ2n) is 6.33. The van der Waals surface area contributed by atoms with E-state index in [0.717, 1.165) is 13.0 Å². The lowest BCUT2D eigenvalue weighted by atomic mass is 10.0. The van der Waals surface area contributed by atoms with Crippen molar-refractivity contribution >= 4 is 5.91 Å². The first kappa shape index (κ1) is 14.4. The predicted octanol–water partition coefficient (Wildman–Crippen LogP) is 1.75. The number of carbonyl (C=O) groups excluding carboxylic acids is 1. The molecule has 0 N–H and O–H groups in total. The van der Waals surface area contributed by atoms with Gasteiger partial charge in [0.05, 0.1) is 30.5 Å². The molecule has 0 aliphatic carbocycles. The highest BCUT2D eigenvalue weighted by molar-refractivity contribution is 5.95. The number of amides is 1. The van der Waals surface area contributed by atoms with Crippen LogP contribution in [0.5, 0.6) is 0 Å². The van der Waals surface area contributed by atoms with Gasteiger partial charge in [-0.25, -0.2) is 0 Å². The third-order valence-electron chi connectivity index (χ3n) is 4.66. The average molecular weight is 317 g/mol. The monoisotopic (exact) mass is 317 g/mol. The fraction of sp³-hybridized carbons (Fsp3) is 0.562. The fourth-order valence-corrected chi connectivity index (χ4v) is 3.55. The lowest BCUT2D eigenvalue weighted by Crippen LogP contribution is -2.31. The van der Waals surface area contributed by atoms with Crippen molar-refractivity contribution in [3.05, 3.63) is 35.4 Å². The molecule has 7 nitrogen and oxygen atoms in total. The summed E-state index contributed by atoms with van der Waals surface area (Å²) in [5, 5.41) is 3.80. The first-order valence-corrected chi connectivity index (χ1v) is 7.88. The van der Waals surface area contributed by atoms with Crippen molar-refractivity contribution in [2.45, 2.75) is 38.9 Å². The molecule has 2 fully saturated rings. The van der Waals surface area contributed by atoms with E-state index >= 15 is 0 Å². The molecule has 1 amide bonds. The smallest absolute Gasteiger partial charge is 0.257 e. The molecule has 2 aromatic rings. The molecule has 2 aromatic heterocycles. The Morgan fingerprint density at radius 3 is 2.91 bits per heavy atom. The van der Waals surface area contributed by atoms with E-state index in [1.165, 1.54) is 0 Å². The number of hydrogen-bond acceptors (Lipinski definition) is 6. The van der Waals surface area contributed by atoms with Gasteiger partial charge in [-0.1, -0.05) is 5.16 Å². The maximum atomic E-state index is 12.5. The van der Waals surface area contributed by atoms with Crippen LogP contribution in [0.25, 0.3) is 0 Å². The van der Waals surface area contributed by atoms with Crippen LogP contribution < -0.4 is 0 Å². The van der Waals surface area contributed by atoms with E-state index in [1.807, 2.05) is 11.8 Å². The minimum atomic E-state index is 0.0262. The molecule has 2 aliphatic heterocycles. The predicted molar refractivity (Wildman–Crippen MR) is 78.9 cm³/mol. The van der Waals surface area contributed by atoms with Gasteiger partial charge in [-0.3, -0.25) is 4.79 Å². The van der Waals surface area contributed by atoms with Crippen molar-refractivity contribution in [1.82, 2.24) is 15.0 Å². The zero-order valence-electron chi connectivity index (χ0n) is 13.2. The average Bonchev–Trinajstić information content (AvgIpc) is 3.23. The van der Waals surface area contributed by atoms with Gasteiger partial charge in [-0.15, -0.1) is 0 Å². The molecule has 2 aliphatic rings. The van der Waals surface area contributed by atoms with Gasteiger partial charge in [0.1, 0.15) is 5.76 Å². The summed E-state index contributed by atoms with van der Waals surface area (Å²) in [6, 6.07) is 1.73. The van der Waals surface area contributed by atoms with Gasteiger partial charge in [-0.05, 0) is 26.3 Å². The van der Waals surface area contributed by atoms with Crippen molar-refractivity contribution in [3.8, 4) is 0 Å². The molecule has 0 spiro atoms. The van der Waals surface area contributed by atoms with Crippen LogP contribution in [-0.4, -0.2) is 46.2 Å². The fourth-order valence-electron chi connectivity index (χ4n) is 3.55. The lowest BCUT2D eigenvalue weighted by Gasteiger charge is -2.18. The Morgan fingerprint density at radius 2 is 2.26 bits per heavy atom. The van der Waals surface area contributed by atoms with Crippen molar-refractivity contribution in [1.29, 1.82) is 0 Å². The van der Waals surface area contributed by atoms with Gasteiger partial charge in [-0.2, -0.15) is 4.98 Å². The van der Waals surface area contributed by atoms with Crippen LogP contribution >= 0.6 is 0 Å². The quantitative estimate of drug-likeness (QED) is 0.858. The molecule has 0 unspecified atom stereocenters. The van der Waals surface area contributed by atoms with Crippen molar-refractivity contribution < 1.29 is 18.5 Å². The molecule has 7 heteroatoms. The van der Waals surface area contributed by atoms with Crippen LogP contribution in [0.2, 0.25) is 0 Å². The Morgan fingerprint density at radius 1 is 1.39 bits per heavy atom. The maximum absolute atomic E-state index is 12.5. The lowest BCUT2D eigenvalue weighted by molar-refractivity contribution is 0.0330. The van der Waals surface area contributed by atoms with E-state index in [1.54, 1.807) is 19.3 Å². The number of hydrogen-bond donors (Lipinski definition) is 0. The van der Waals surface area contributed by atoms with E-state index in [2.05, 4.69) is 10.1 Å². The summed E-state index contributed by atoms with van der Waals surface area (Å²) in [4.78, 5) is 18.6. The summed E-state index contributed by atoms with van der Waals surface area (Å²) in [5.74, 6) is 2.33. The summed E-state index contributed by atoms with van der Waals surface area (Å²) in [6.07, 6.45) is 3.30. The standard InChI is InChI=1S/C16H19N3O4/c1-9-13(3-4-21-9)16(20)19-7-11-5-12(22-14(11)8-19)6-15-17-10(2)18-23-15/h3-4,11-12,14H,5-8H2,1-2H3/t11-,12+,14+/m0/s1. The van der Waals surface area contributed by atoms with E-state index in [4.69, 9.17) is 13.7 Å². The van der Waals surface area contributed by atoms with Crippen LogP contribution in [0.3, 0.4) is 0 Å². The van der Waals surface area contributed by atoms with Crippen LogP contribution in [0.15, 0.2) is 21.3 Å². The highest BCUT2D eigenvalue weighted by Crippen LogP contribution is 2.35. The third-order valence-corrected chi connectivity index (χ3v) is 4.66. The topological polar surface area (TPSA) is 81.6 Å². The molecule has 0 radical (unpaired) electrons. The highest BCUT2D eigenvalue weighted by Gasteiger charge is 2.44. The number of furan rings is 1. The van der Waals surface area contributed by atoms with Crippen molar-refractivity contribution in [3.63, 3.8) is 0 Å². The number of ether oxygens (including phenoxy) is 1. The number of rotatable bonds is 3. The molecule has 23 heavy (non-hydrogen) atoms. The second kappa shape index (κ2) is 5.49. The molecular formula is C16H19N3O4. The Labute approximate surface area is 133 Å². The van der Waals surface area contributed by atoms with Gasteiger partial charge >= 0.3 is 0 Å². The largest absolute Gasteiger partial charge is 0.469 e. The van der Waals surface area contributed by atoms with E-state index in [-0.39, 0.29) is 18.1 Å². The first-order valence-electron chi connectivity index (χ1n) is 7.88. The summed E-state index contributed by atoms with van der Waals surface area (Å²) in [5.41, 5.74) is 0.642. The number of nitrogens with zero attached hydrogens (tertiary/aromatic N) is 3. The first-order chi connectivity index (χ1) is 11.1. The minimum absolute atomic E-state index is 0.0262. The molecule has 0 bridgehead atoms. The van der Waals surface area contributed by atoms with E-state index < -0.39 is 0 Å². The number of carbonyl (C=O) groups is 1. The van der Waals surface area contributed by atoms with Gasteiger partial charge in [0.15, 0.2) is 5.82 Å². The Balaban J connectivity index is 1.36. The SMILES string of the molecule is Cc1noc(C[C@H]2C[C@H]3CN(C(=O)c4ccoc4C)C[C@H]3O2)n1. The van der Waals surface area contributed by atoms with Crippen molar-refractivity contribution in [2.75, 3.05) is 13.1 Å². The molecule has 2 saturated heterocycles. The Hall–Kier alpha value is -2.15. The molecule has 4 heterocycles. The number of fused-ring (bicyclic) bond motifs is 1. The van der Waals surface area contributed by atoms with Gasteiger partial charge < -0.3 is 18.6 Å². The van der Waals surface area contributed by atoms with Gasteiger partial charge in [0.25, 0.3) is 5.91 Å². The summed E-state index contributed by atoms with van der Waals surface area (Å²) < 4.78 is 16.5. The Kier molecular flexibility index (Phi) is 3.45. The third kappa shape index (κ3) is 2.65. The number of aryl methyl sites for hydroxylation is 2. The number of likely N-dealkylation sites (tertiary alicyclic amines) is 1. The number of aromatic nitrogens is 2. The molecule has 4 rings (SSSR count).